The molecule has 6 nitrogen and oxygen atoms in total. The molecule has 21 heavy (non-hydrogen) atoms. The van der Waals surface area contributed by atoms with E-state index in [-0.39, 0.29) is 24.7 Å². The molecule has 0 rings (SSSR count). The third-order valence-corrected chi connectivity index (χ3v) is 3.78. The van der Waals surface area contributed by atoms with Crippen LogP contribution >= 0.6 is 0 Å². The van der Waals surface area contributed by atoms with Crippen molar-refractivity contribution in [3.8, 4) is 0 Å². The van der Waals surface area contributed by atoms with Crippen LogP contribution in [0, 0.1) is 0 Å². The van der Waals surface area contributed by atoms with Gasteiger partial charge in [0.05, 0.1) is 0 Å². The fourth-order valence-corrected chi connectivity index (χ4v) is 3.05. The highest BCUT2D eigenvalue weighted by atomic mass is 28.4. The second kappa shape index (κ2) is 7.74. The molecule has 0 saturated heterocycles. The van der Waals surface area contributed by atoms with E-state index in [1.54, 1.807) is 0 Å². The largest absolute Gasteiger partial charge is 0.520 e. The van der Waals surface area contributed by atoms with E-state index < -0.39 is 28.6 Å². The van der Waals surface area contributed by atoms with Gasteiger partial charge in [-0.1, -0.05) is 0 Å². The molecule has 1 N–H and O–H groups in total. The Bertz CT molecular complexity index is 398. The molecule has 1 amide bonds. The van der Waals surface area contributed by atoms with Crippen LogP contribution in [-0.2, 0) is 23.2 Å². The molecule has 0 aromatic heterocycles. The summed E-state index contributed by atoms with van der Waals surface area (Å²) >= 11 is 0. The summed E-state index contributed by atoms with van der Waals surface area (Å²) in [5, 5.41) is 2.53. The van der Waals surface area contributed by atoms with Crippen LogP contribution in [0.4, 0.5) is 0 Å². The Labute approximate surface area is 128 Å². The fourth-order valence-electron chi connectivity index (χ4n) is 1.52. The normalized spacial score (nSPS) is 13.3. The van der Waals surface area contributed by atoms with Crippen LogP contribution < -0.4 is 5.32 Å². The monoisotopic (exact) mass is 333 g/mol. The van der Waals surface area contributed by atoms with Crippen LogP contribution in [0.15, 0.2) is 0 Å². The number of carbonyl (C=O) groups is 3. The van der Waals surface area contributed by atoms with Crippen molar-refractivity contribution in [3.05, 3.63) is 0 Å². The average molecular weight is 334 g/mol. The van der Waals surface area contributed by atoms with Gasteiger partial charge < -0.3 is 14.2 Å². The Kier molecular flexibility index (Phi) is 7.31. The average Bonchev–Trinajstić information content (AvgIpc) is 2.18. The standard InChI is InChI=1S/C13H27NO5Si2/c1-10(15)14-11(13(17)19-21(5,6)7)8-9-12(16)18-20(2,3)4/h11H,8-9H2,1-7H3,(H,14,15). The number of rotatable bonds is 7. The van der Waals surface area contributed by atoms with Crippen LogP contribution in [0.25, 0.3) is 0 Å². The zero-order valence-corrected chi connectivity index (χ0v) is 16.0. The first kappa shape index (κ1) is 19.8. The summed E-state index contributed by atoms with van der Waals surface area (Å²) in [5.41, 5.74) is 0. The van der Waals surface area contributed by atoms with Crippen molar-refractivity contribution >= 4 is 34.5 Å². The van der Waals surface area contributed by atoms with E-state index in [0.29, 0.717) is 0 Å². The van der Waals surface area contributed by atoms with Gasteiger partial charge >= 0.3 is 5.97 Å². The molecule has 0 aliphatic rings. The lowest BCUT2D eigenvalue weighted by Crippen LogP contribution is -2.45. The third-order valence-electron chi connectivity index (χ3n) is 2.13. The molecule has 0 heterocycles. The van der Waals surface area contributed by atoms with E-state index >= 15 is 0 Å². The van der Waals surface area contributed by atoms with Gasteiger partial charge in [0.15, 0.2) is 0 Å². The Morgan fingerprint density at radius 3 is 1.81 bits per heavy atom. The molecule has 122 valence electrons. The SMILES string of the molecule is CC(=O)NC(CCC(=O)O[Si](C)(C)C)C(=O)O[Si](C)(C)C. The van der Waals surface area contributed by atoms with Gasteiger partial charge in [-0.2, -0.15) is 0 Å². The molecule has 8 heteroatoms. The van der Waals surface area contributed by atoms with Gasteiger partial charge in [0.2, 0.25) is 22.5 Å². The maximum absolute atomic E-state index is 12.0. The summed E-state index contributed by atoms with van der Waals surface area (Å²) in [5.74, 6) is -1.15. The van der Waals surface area contributed by atoms with Gasteiger partial charge in [0.25, 0.3) is 5.97 Å². The summed E-state index contributed by atoms with van der Waals surface area (Å²) in [6, 6.07) is -0.802. The summed E-state index contributed by atoms with van der Waals surface area (Å²) in [7, 11) is -3.97. The highest BCUT2D eigenvalue weighted by Gasteiger charge is 2.28. The molecule has 0 aliphatic carbocycles. The highest BCUT2D eigenvalue weighted by molar-refractivity contribution is 6.71. The molecule has 0 radical (unpaired) electrons. The third kappa shape index (κ3) is 11.2. The molecule has 0 saturated carbocycles. The van der Waals surface area contributed by atoms with Gasteiger partial charge in [-0.05, 0) is 45.7 Å². The number of hydrogen-bond donors (Lipinski definition) is 1. The zero-order valence-electron chi connectivity index (χ0n) is 14.0. The number of hydrogen-bond acceptors (Lipinski definition) is 5. The molecular formula is C13H27NO5Si2. The number of carbonyl (C=O) groups excluding carboxylic acids is 3. The molecule has 0 bridgehead atoms. The van der Waals surface area contributed by atoms with Gasteiger partial charge in [-0.3, -0.25) is 14.4 Å². The predicted molar refractivity (Wildman–Crippen MR) is 85.7 cm³/mol. The maximum Gasteiger partial charge on any atom is 0.315 e. The summed E-state index contributed by atoms with van der Waals surface area (Å²) in [6.07, 6.45) is 0.266. The first-order valence-corrected chi connectivity index (χ1v) is 13.8. The Morgan fingerprint density at radius 1 is 0.952 bits per heavy atom. The number of amides is 1. The Hall–Kier alpha value is -1.16. The molecule has 0 spiro atoms. The van der Waals surface area contributed by atoms with Crippen molar-refractivity contribution in [1.82, 2.24) is 5.32 Å². The quantitative estimate of drug-likeness (QED) is 0.721. The van der Waals surface area contributed by atoms with Crippen molar-refractivity contribution in [2.45, 2.75) is 65.1 Å². The van der Waals surface area contributed by atoms with E-state index in [2.05, 4.69) is 5.32 Å². The number of nitrogens with one attached hydrogen (secondary N) is 1. The molecule has 1 unspecified atom stereocenters. The van der Waals surface area contributed by atoms with Crippen molar-refractivity contribution in [1.29, 1.82) is 0 Å². The van der Waals surface area contributed by atoms with E-state index in [0.717, 1.165) is 0 Å². The smallest absolute Gasteiger partial charge is 0.315 e. The molecule has 1 atom stereocenters. The predicted octanol–water partition coefficient (Wildman–Crippen LogP) is 2.03. The summed E-state index contributed by atoms with van der Waals surface area (Å²) in [4.78, 5) is 34.9. The van der Waals surface area contributed by atoms with Gasteiger partial charge in [0.1, 0.15) is 6.04 Å². The second-order valence-corrected chi connectivity index (χ2v) is 15.8. The van der Waals surface area contributed by atoms with Crippen LogP contribution in [0.5, 0.6) is 0 Å². The zero-order chi connectivity index (χ0) is 16.8. The second-order valence-electron chi connectivity index (χ2n) is 6.91. The van der Waals surface area contributed by atoms with Crippen LogP contribution in [0.1, 0.15) is 19.8 Å². The Morgan fingerprint density at radius 2 is 1.43 bits per heavy atom. The highest BCUT2D eigenvalue weighted by Crippen LogP contribution is 2.10. The fraction of sp³-hybridized carbons (Fsp3) is 0.769. The summed E-state index contributed by atoms with van der Waals surface area (Å²) < 4.78 is 10.7. The van der Waals surface area contributed by atoms with E-state index in [1.807, 2.05) is 39.3 Å². The minimum Gasteiger partial charge on any atom is -0.520 e. The lowest BCUT2D eigenvalue weighted by molar-refractivity contribution is -0.141. The van der Waals surface area contributed by atoms with Crippen molar-refractivity contribution in [2.24, 2.45) is 0 Å². The molecule has 0 aromatic rings. The van der Waals surface area contributed by atoms with E-state index in [1.165, 1.54) is 6.92 Å². The van der Waals surface area contributed by atoms with Gasteiger partial charge in [-0.25, -0.2) is 0 Å². The van der Waals surface area contributed by atoms with Crippen LogP contribution in [-0.4, -0.2) is 40.5 Å². The lowest BCUT2D eigenvalue weighted by atomic mass is 10.1. The molecule has 0 aromatic carbocycles. The molecule has 0 aliphatic heterocycles. The first-order valence-electron chi connectivity index (χ1n) is 7.02. The van der Waals surface area contributed by atoms with Gasteiger partial charge in [-0.15, -0.1) is 0 Å². The van der Waals surface area contributed by atoms with Crippen molar-refractivity contribution in [2.75, 3.05) is 0 Å². The van der Waals surface area contributed by atoms with Crippen LogP contribution in [0.3, 0.4) is 0 Å². The van der Waals surface area contributed by atoms with Crippen molar-refractivity contribution < 1.29 is 23.2 Å². The minimum atomic E-state index is -2.04. The molecular weight excluding hydrogens is 306 g/mol. The van der Waals surface area contributed by atoms with E-state index in [4.69, 9.17) is 8.85 Å². The maximum atomic E-state index is 12.0. The van der Waals surface area contributed by atoms with Gasteiger partial charge in [0, 0.05) is 13.3 Å². The van der Waals surface area contributed by atoms with Crippen LogP contribution in [0.2, 0.25) is 39.3 Å². The Balaban J connectivity index is 4.60. The summed E-state index contributed by atoms with van der Waals surface area (Å²) in [6.45, 7) is 12.7. The molecule has 0 fully saturated rings. The first-order chi connectivity index (χ1) is 9.30. The minimum absolute atomic E-state index is 0.0794. The topological polar surface area (TPSA) is 81.7 Å². The van der Waals surface area contributed by atoms with Crippen molar-refractivity contribution in [3.63, 3.8) is 0 Å². The lowest BCUT2D eigenvalue weighted by Gasteiger charge is -2.23. The van der Waals surface area contributed by atoms with E-state index in [9.17, 15) is 14.4 Å².